The third-order valence-corrected chi connectivity index (χ3v) is 2.76. The predicted molar refractivity (Wildman–Crippen MR) is 95.6 cm³/mol. The molecule has 0 atom stereocenters. The lowest BCUT2D eigenvalue weighted by molar-refractivity contribution is -0.124. The Labute approximate surface area is 145 Å². The molecule has 0 saturated heterocycles. The lowest BCUT2D eigenvalue weighted by atomic mass is 10.1. The van der Waals surface area contributed by atoms with Gasteiger partial charge in [-0.15, -0.1) is 12.4 Å². The van der Waals surface area contributed by atoms with Crippen molar-refractivity contribution in [3.05, 3.63) is 23.8 Å². The Bertz CT molecular complexity index is 487. The zero-order chi connectivity index (χ0) is 16.6. The molecule has 0 radical (unpaired) electrons. The Balaban J connectivity index is 0.00000484. The number of amides is 1. The molecular weight excluding hydrogens is 316 g/mol. The first-order valence-electron chi connectivity index (χ1n) is 7.76. The average Bonchev–Trinajstić information content (AvgIpc) is 2.42. The molecule has 6 heteroatoms. The molecule has 0 unspecified atom stereocenters. The van der Waals surface area contributed by atoms with E-state index in [9.17, 15) is 4.79 Å². The highest BCUT2D eigenvalue weighted by Gasteiger charge is 2.15. The van der Waals surface area contributed by atoms with Gasteiger partial charge in [0.25, 0.3) is 5.91 Å². The van der Waals surface area contributed by atoms with Crippen molar-refractivity contribution in [2.24, 2.45) is 0 Å². The number of rotatable bonds is 8. The standard InChI is InChI=1S/C17H28N2O3.ClH/c1-6-18-11-13-8-9-14(15(10-13)21-7-2)22-12-16(20)19-17(3,4)5;/h8-10,18H,6-7,11-12H2,1-5H3,(H,19,20);1H. The van der Waals surface area contributed by atoms with Crippen molar-refractivity contribution in [1.29, 1.82) is 0 Å². The maximum atomic E-state index is 11.8. The molecule has 1 rings (SSSR count). The molecule has 132 valence electrons. The molecule has 1 amide bonds. The average molecular weight is 345 g/mol. The van der Waals surface area contributed by atoms with E-state index >= 15 is 0 Å². The van der Waals surface area contributed by atoms with Gasteiger partial charge in [-0.05, 0) is 51.9 Å². The van der Waals surface area contributed by atoms with E-state index in [1.54, 1.807) is 0 Å². The number of hydrogen-bond donors (Lipinski definition) is 2. The van der Waals surface area contributed by atoms with E-state index in [2.05, 4.69) is 17.6 Å². The van der Waals surface area contributed by atoms with Crippen molar-refractivity contribution in [3.63, 3.8) is 0 Å². The quantitative estimate of drug-likeness (QED) is 0.761. The van der Waals surface area contributed by atoms with Crippen LogP contribution in [0.2, 0.25) is 0 Å². The minimum atomic E-state index is -0.265. The molecule has 0 bridgehead atoms. The summed E-state index contributed by atoms with van der Waals surface area (Å²) in [6.07, 6.45) is 0. The van der Waals surface area contributed by atoms with Gasteiger partial charge in [0.2, 0.25) is 0 Å². The van der Waals surface area contributed by atoms with Gasteiger partial charge in [-0.1, -0.05) is 13.0 Å². The Hall–Kier alpha value is -1.46. The third kappa shape index (κ3) is 8.67. The number of carbonyl (C=O) groups is 1. The smallest absolute Gasteiger partial charge is 0.258 e. The second-order valence-electron chi connectivity index (χ2n) is 6.08. The van der Waals surface area contributed by atoms with Gasteiger partial charge in [0.1, 0.15) is 0 Å². The van der Waals surface area contributed by atoms with E-state index in [0.29, 0.717) is 18.1 Å². The van der Waals surface area contributed by atoms with Crippen LogP contribution in [0.15, 0.2) is 18.2 Å². The van der Waals surface area contributed by atoms with Gasteiger partial charge in [0.15, 0.2) is 18.1 Å². The van der Waals surface area contributed by atoms with Crippen LogP contribution < -0.4 is 20.1 Å². The zero-order valence-corrected chi connectivity index (χ0v) is 15.5. The number of halogens is 1. The highest BCUT2D eigenvalue weighted by molar-refractivity contribution is 5.85. The number of nitrogens with one attached hydrogen (secondary N) is 2. The molecular formula is C17H29ClN2O3. The molecule has 5 nitrogen and oxygen atoms in total. The molecule has 1 aromatic rings. The van der Waals surface area contributed by atoms with Gasteiger partial charge >= 0.3 is 0 Å². The summed E-state index contributed by atoms with van der Waals surface area (Å²) in [7, 11) is 0. The lowest BCUT2D eigenvalue weighted by Crippen LogP contribution is -2.43. The van der Waals surface area contributed by atoms with Crippen LogP contribution in [0.5, 0.6) is 11.5 Å². The maximum absolute atomic E-state index is 11.8. The first kappa shape index (κ1) is 21.5. The van der Waals surface area contributed by atoms with Crippen LogP contribution in [0.4, 0.5) is 0 Å². The number of carbonyl (C=O) groups excluding carboxylic acids is 1. The summed E-state index contributed by atoms with van der Waals surface area (Å²) in [6, 6.07) is 5.77. The summed E-state index contributed by atoms with van der Waals surface area (Å²) in [5.41, 5.74) is 0.857. The fraction of sp³-hybridized carbons (Fsp3) is 0.588. The molecule has 0 fully saturated rings. The zero-order valence-electron chi connectivity index (χ0n) is 14.7. The van der Waals surface area contributed by atoms with Crippen LogP contribution in [0.3, 0.4) is 0 Å². The highest BCUT2D eigenvalue weighted by Crippen LogP contribution is 2.28. The molecule has 0 aliphatic rings. The van der Waals surface area contributed by atoms with Crippen molar-refractivity contribution in [3.8, 4) is 11.5 Å². The first-order valence-corrected chi connectivity index (χ1v) is 7.76. The molecule has 0 heterocycles. The normalized spacial score (nSPS) is 10.7. The maximum Gasteiger partial charge on any atom is 0.258 e. The van der Waals surface area contributed by atoms with Gasteiger partial charge < -0.3 is 20.1 Å². The SMILES string of the molecule is CCNCc1ccc(OCC(=O)NC(C)(C)C)c(OCC)c1.Cl. The fourth-order valence-corrected chi connectivity index (χ4v) is 1.92. The Kier molecular flexibility index (Phi) is 9.68. The Morgan fingerprint density at radius 2 is 1.83 bits per heavy atom. The van der Waals surface area contributed by atoms with Gasteiger partial charge in [0, 0.05) is 12.1 Å². The lowest BCUT2D eigenvalue weighted by Gasteiger charge is -2.21. The molecule has 0 aliphatic carbocycles. The van der Waals surface area contributed by atoms with E-state index in [-0.39, 0.29) is 30.5 Å². The Morgan fingerprint density at radius 3 is 2.39 bits per heavy atom. The van der Waals surface area contributed by atoms with Crippen LogP contribution >= 0.6 is 12.4 Å². The van der Waals surface area contributed by atoms with Crippen molar-refractivity contribution in [1.82, 2.24) is 10.6 Å². The van der Waals surface area contributed by atoms with Crippen LogP contribution in [-0.4, -0.2) is 31.2 Å². The van der Waals surface area contributed by atoms with Gasteiger partial charge in [-0.25, -0.2) is 0 Å². The van der Waals surface area contributed by atoms with Crippen LogP contribution in [0.25, 0.3) is 0 Å². The summed E-state index contributed by atoms with van der Waals surface area (Å²) >= 11 is 0. The number of benzene rings is 1. The third-order valence-electron chi connectivity index (χ3n) is 2.76. The molecule has 0 saturated carbocycles. The second kappa shape index (κ2) is 10.3. The summed E-state index contributed by atoms with van der Waals surface area (Å²) < 4.78 is 11.2. The number of ether oxygens (including phenoxy) is 2. The largest absolute Gasteiger partial charge is 0.490 e. The van der Waals surface area contributed by atoms with E-state index in [0.717, 1.165) is 18.7 Å². The van der Waals surface area contributed by atoms with Crippen molar-refractivity contribution < 1.29 is 14.3 Å². The molecule has 2 N–H and O–H groups in total. The van der Waals surface area contributed by atoms with E-state index in [1.165, 1.54) is 0 Å². The van der Waals surface area contributed by atoms with E-state index < -0.39 is 0 Å². The molecule has 1 aromatic carbocycles. The van der Waals surface area contributed by atoms with E-state index in [4.69, 9.17) is 9.47 Å². The predicted octanol–water partition coefficient (Wildman–Crippen LogP) is 2.91. The Morgan fingerprint density at radius 1 is 1.13 bits per heavy atom. The van der Waals surface area contributed by atoms with Gasteiger partial charge in [-0.3, -0.25) is 4.79 Å². The fourth-order valence-electron chi connectivity index (χ4n) is 1.92. The molecule has 0 aliphatic heterocycles. The molecule has 23 heavy (non-hydrogen) atoms. The molecule has 0 aromatic heterocycles. The van der Waals surface area contributed by atoms with Crippen molar-refractivity contribution >= 4 is 18.3 Å². The molecule has 0 spiro atoms. The summed E-state index contributed by atoms with van der Waals surface area (Å²) in [5.74, 6) is 1.11. The van der Waals surface area contributed by atoms with Crippen molar-refractivity contribution in [2.45, 2.75) is 46.7 Å². The second-order valence-corrected chi connectivity index (χ2v) is 6.08. The van der Waals surface area contributed by atoms with Gasteiger partial charge in [-0.2, -0.15) is 0 Å². The monoisotopic (exact) mass is 344 g/mol. The van der Waals surface area contributed by atoms with Gasteiger partial charge in [0.05, 0.1) is 6.61 Å². The summed E-state index contributed by atoms with van der Waals surface area (Å²) in [4.78, 5) is 11.8. The highest BCUT2D eigenvalue weighted by atomic mass is 35.5. The summed E-state index contributed by atoms with van der Waals surface area (Å²) in [6.45, 7) is 12.0. The number of hydrogen-bond acceptors (Lipinski definition) is 4. The minimum absolute atomic E-state index is 0. The van der Waals surface area contributed by atoms with Crippen LogP contribution in [0.1, 0.15) is 40.2 Å². The minimum Gasteiger partial charge on any atom is -0.490 e. The topological polar surface area (TPSA) is 59.6 Å². The van der Waals surface area contributed by atoms with E-state index in [1.807, 2.05) is 45.9 Å². The van der Waals surface area contributed by atoms with Crippen LogP contribution in [0, 0.1) is 0 Å². The van der Waals surface area contributed by atoms with Crippen molar-refractivity contribution in [2.75, 3.05) is 19.8 Å². The first-order chi connectivity index (χ1) is 10.4. The van der Waals surface area contributed by atoms with Crippen LogP contribution in [-0.2, 0) is 11.3 Å². The summed E-state index contributed by atoms with van der Waals surface area (Å²) in [5, 5.41) is 6.13.